The number of carbonyl (C=O) groups is 2. The first-order valence-corrected chi connectivity index (χ1v) is 9.71. The molecule has 1 aromatic heterocycles. The minimum Gasteiger partial charge on any atom is -0.502 e. The summed E-state index contributed by atoms with van der Waals surface area (Å²) in [7, 11) is 2.82. The Morgan fingerprint density at radius 3 is 2.45 bits per heavy atom. The Labute approximate surface area is 182 Å². The van der Waals surface area contributed by atoms with Gasteiger partial charge in [0.05, 0.1) is 25.6 Å². The molecule has 1 aliphatic heterocycles. The first-order chi connectivity index (χ1) is 14.8. The number of phenolic OH excluding ortho intramolecular Hbond substituents is 1. The first kappa shape index (κ1) is 20.6. The Kier molecular flexibility index (Phi) is 5.24. The fourth-order valence-corrected chi connectivity index (χ4v) is 4.04. The smallest absolute Gasteiger partial charge is 0.339 e. The maximum absolute atomic E-state index is 12.5. The topological polar surface area (TPSA) is 110 Å². The predicted octanol–water partition coefficient (Wildman–Crippen LogP) is 4.03. The van der Waals surface area contributed by atoms with E-state index < -0.39 is 11.9 Å². The molecule has 0 spiro atoms. The van der Waals surface area contributed by atoms with Crippen LogP contribution < -0.4 is 14.8 Å². The van der Waals surface area contributed by atoms with Crippen LogP contribution >= 0.6 is 11.6 Å². The van der Waals surface area contributed by atoms with Gasteiger partial charge in [-0.05, 0) is 35.9 Å². The van der Waals surface area contributed by atoms with E-state index in [2.05, 4.69) is 5.32 Å². The van der Waals surface area contributed by atoms with Crippen LogP contribution in [0.1, 0.15) is 34.0 Å². The highest BCUT2D eigenvalue weighted by Gasteiger charge is 2.35. The number of nitrogens with zero attached hydrogens (tertiary/aromatic N) is 1. The molecule has 0 saturated carbocycles. The molecule has 31 heavy (non-hydrogen) atoms. The standard InChI is InChI=1S/C22H19ClN2O6/c1-30-16-6-11(7-17(31-2)21(16)27)14-9-18(26)24-19-15(22(28)29)10-25(20(14)19)13-5-3-4-12(23)8-13/h3-8,10,14,27H,9H2,1-2H3,(H,24,26)(H,28,29)/t14-/m1/s1. The van der Waals surface area contributed by atoms with Gasteiger partial charge in [-0.2, -0.15) is 0 Å². The zero-order valence-electron chi connectivity index (χ0n) is 16.7. The number of halogens is 1. The number of carboxylic acids is 1. The quantitative estimate of drug-likeness (QED) is 0.550. The minimum atomic E-state index is -1.17. The van der Waals surface area contributed by atoms with Crippen LogP contribution in [0.5, 0.6) is 17.2 Å². The van der Waals surface area contributed by atoms with Gasteiger partial charge in [-0.25, -0.2) is 4.79 Å². The van der Waals surface area contributed by atoms with Crippen molar-refractivity contribution in [2.75, 3.05) is 19.5 Å². The van der Waals surface area contributed by atoms with Gasteiger partial charge in [-0.1, -0.05) is 17.7 Å². The third-order valence-electron chi connectivity index (χ3n) is 5.25. The highest BCUT2D eigenvalue weighted by atomic mass is 35.5. The second-order valence-corrected chi connectivity index (χ2v) is 7.47. The number of phenols is 1. The largest absolute Gasteiger partial charge is 0.502 e. The van der Waals surface area contributed by atoms with Gasteiger partial charge in [-0.3, -0.25) is 4.79 Å². The lowest BCUT2D eigenvalue weighted by Crippen LogP contribution is -2.25. The molecule has 2 aromatic carbocycles. The average Bonchev–Trinajstić information content (AvgIpc) is 3.13. The molecular weight excluding hydrogens is 424 g/mol. The van der Waals surface area contributed by atoms with Crippen molar-refractivity contribution in [1.82, 2.24) is 4.57 Å². The normalized spacial score (nSPS) is 15.2. The lowest BCUT2D eigenvalue weighted by atomic mass is 9.87. The van der Waals surface area contributed by atoms with Crippen LogP contribution in [-0.4, -0.2) is 40.9 Å². The number of amides is 1. The van der Waals surface area contributed by atoms with Crippen LogP contribution in [0.4, 0.5) is 5.69 Å². The molecule has 3 aromatic rings. The predicted molar refractivity (Wildman–Crippen MR) is 114 cm³/mol. The molecule has 0 bridgehead atoms. The molecule has 3 N–H and O–H groups in total. The highest BCUT2D eigenvalue weighted by Crippen LogP contribution is 2.46. The number of hydrogen-bond donors (Lipinski definition) is 3. The number of rotatable bonds is 5. The molecule has 160 valence electrons. The molecule has 1 aliphatic rings. The number of fused-ring (bicyclic) bond motifs is 1. The van der Waals surface area contributed by atoms with Crippen molar-refractivity contribution in [3.63, 3.8) is 0 Å². The fraction of sp³-hybridized carbons (Fsp3) is 0.182. The van der Waals surface area contributed by atoms with Crippen molar-refractivity contribution < 1.29 is 29.3 Å². The number of carboxylic acid groups (broad SMARTS) is 1. The molecule has 9 heteroatoms. The van der Waals surface area contributed by atoms with Crippen LogP contribution in [-0.2, 0) is 4.79 Å². The summed E-state index contributed by atoms with van der Waals surface area (Å²) in [6, 6.07) is 10.2. The van der Waals surface area contributed by atoms with Gasteiger partial charge >= 0.3 is 5.97 Å². The lowest BCUT2D eigenvalue weighted by molar-refractivity contribution is -0.116. The second-order valence-electron chi connectivity index (χ2n) is 7.04. The van der Waals surface area contributed by atoms with Crippen LogP contribution in [0.3, 0.4) is 0 Å². The van der Waals surface area contributed by atoms with Gasteiger partial charge in [-0.15, -0.1) is 0 Å². The Morgan fingerprint density at radius 1 is 1.19 bits per heavy atom. The van der Waals surface area contributed by atoms with E-state index in [0.717, 1.165) is 0 Å². The number of aromatic nitrogens is 1. The summed E-state index contributed by atoms with van der Waals surface area (Å²) < 4.78 is 12.2. The van der Waals surface area contributed by atoms with E-state index in [0.29, 0.717) is 22.0 Å². The number of hydrogen-bond acceptors (Lipinski definition) is 5. The van der Waals surface area contributed by atoms with Crippen molar-refractivity contribution in [3.05, 3.63) is 64.4 Å². The molecule has 0 radical (unpaired) electrons. The van der Waals surface area contributed by atoms with Gasteiger partial charge in [0, 0.05) is 29.2 Å². The molecule has 1 amide bonds. The van der Waals surface area contributed by atoms with E-state index in [1.165, 1.54) is 20.4 Å². The van der Waals surface area contributed by atoms with Crippen LogP contribution in [0, 0.1) is 0 Å². The summed E-state index contributed by atoms with van der Waals surface area (Å²) in [5.41, 5.74) is 2.04. The van der Waals surface area contributed by atoms with Crippen molar-refractivity contribution in [2.24, 2.45) is 0 Å². The fourth-order valence-electron chi connectivity index (χ4n) is 3.86. The number of methoxy groups -OCH3 is 2. The van der Waals surface area contributed by atoms with E-state index in [4.69, 9.17) is 21.1 Å². The van der Waals surface area contributed by atoms with Crippen molar-refractivity contribution in [3.8, 4) is 22.9 Å². The Hall–Kier alpha value is -3.65. The SMILES string of the molecule is COc1cc([C@H]2CC(=O)Nc3c(C(=O)O)cn(-c4cccc(Cl)c4)c32)cc(OC)c1O. The highest BCUT2D eigenvalue weighted by molar-refractivity contribution is 6.30. The lowest BCUT2D eigenvalue weighted by Gasteiger charge is -2.27. The third kappa shape index (κ3) is 3.55. The molecule has 0 unspecified atom stereocenters. The summed E-state index contributed by atoms with van der Waals surface area (Å²) in [6.45, 7) is 0. The van der Waals surface area contributed by atoms with Crippen LogP contribution in [0.25, 0.3) is 5.69 Å². The zero-order valence-corrected chi connectivity index (χ0v) is 17.4. The molecule has 0 fully saturated rings. The summed E-state index contributed by atoms with van der Waals surface area (Å²) in [5, 5.41) is 23.2. The van der Waals surface area contributed by atoms with Crippen molar-refractivity contribution in [1.29, 1.82) is 0 Å². The van der Waals surface area contributed by atoms with Gasteiger partial charge in [0.1, 0.15) is 5.56 Å². The van der Waals surface area contributed by atoms with Gasteiger partial charge in [0.2, 0.25) is 11.7 Å². The molecule has 8 nitrogen and oxygen atoms in total. The maximum atomic E-state index is 12.5. The summed E-state index contributed by atoms with van der Waals surface area (Å²) in [4.78, 5) is 24.4. The van der Waals surface area contributed by atoms with Gasteiger partial charge in [0.25, 0.3) is 0 Å². The summed E-state index contributed by atoms with van der Waals surface area (Å²) in [5.74, 6) is -1.82. The van der Waals surface area contributed by atoms with E-state index in [9.17, 15) is 19.8 Å². The number of nitrogens with one attached hydrogen (secondary N) is 1. The maximum Gasteiger partial charge on any atom is 0.339 e. The molecule has 2 heterocycles. The Balaban J connectivity index is 1.99. The van der Waals surface area contributed by atoms with Crippen molar-refractivity contribution in [2.45, 2.75) is 12.3 Å². The number of anilines is 1. The molecule has 0 aliphatic carbocycles. The van der Waals surface area contributed by atoms with E-state index >= 15 is 0 Å². The monoisotopic (exact) mass is 442 g/mol. The number of aromatic hydroxyl groups is 1. The van der Waals surface area contributed by atoms with Crippen molar-refractivity contribution >= 4 is 29.2 Å². The first-order valence-electron chi connectivity index (χ1n) is 9.33. The average molecular weight is 443 g/mol. The van der Waals surface area contributed by atoms with Gasteiger partial charge < -0.3 is 29.6 Å². The summed E-state index contributed by atoms with van der Waals surface area (Å²) in [6.07, 6.45) is 1.53. The second kappa shape index (κ2) is 7.88. The molecule has 4 rings (SSSR count). The molecule has 0 saturated heterocycles. The van der Waals surface area contributed by atoms with Crippen LogP contribution in [0.2, 0.25) is 5.02 Å². The number of aromatic carboxylic acids is 1. The molecule has 1 atom stereocenters. The van der Waals surface area contributed by atoms with Crippen LogP contribution in [0.15, 0.2) is 42.6 Å². The summed E-state index contributed by atoms with van der Waals surface area (Å²) >= 11 is 6.16. The Morgan fingerprint density at radius 2 is 1.87 bits per heavy atom. The third-order valence-corrected chi connectivity index (χ3v) is 5.48. The number of ether oxygens (including phenoxy) is 2. The van der Waals surface area contributed by atoms with E-state index in [1.54, 1.807) is 41.0 Å². The van der Waals surface area contributed by atoms with Gasteiger partial charge in [0.15, 0.2) is 11.5 Å². The number of carbonyl (C=O) groups excluding carboxylic acids is 1. The Bertz CT molecular complexity index is 1180. The minimum absolute atomic E-state index is 0.0364. The zero-order chi connectivity index (χ0) is 22.3. The number of benzene rings is 2. The van der Waals surface area contributed by atoms with E-state index in [-0.39, 0.29) is 40.8 Å². The van der Waals surface area contributed by atoms with E-state index in [1.807, 2.05) is 0 Å². The molecular formula is C22H19ClN2O6.